The zero-order valence-electron chi connectivity index (χ0n) is 63.5. The lowest BCUT2D eigenvalue weighted by Crippen LogP contribution is -2.30. The van der Waals surface area contributed by atoms with Crippen LogP contribution in [0.5, 0.6) is 0 Å². The van der Waals surface area contributed by atoms with Gasteiger partial charge in [0.05, 0.1) is 26.4 Å². The van der Waals surface area contributed by atoms with E-state index in [4.69, 9.17) is 37.0 Å². The van der Waals surface area contributed by atoms with Gasteiger partial charge in [0.2, 0.25) is 0 Å². The number of carbonyl (C=O) groups excluding carboxylic acids is 4. The zero-order chi connectivity index (χ0) is 71.6. The van der Waals surface area contributed by atoms with Gasteiger partial charge in [-0.2, -0.15) is 0 Å². The summed E-state index contributed by atoms with van der Waals surface area (Å²) < 4.78 is 68.6. The number of hydrogen-bond donors (Lipinski definition) is 3. The summed E-state index contributed by atoms with van der Waals surface area (Å²) in [6, 6.07) is 0. The second kappa shape index (κ2) is 68.5. The number of unbranched alkanes of at least 4 members (excludes halogenated alkanes) is 44. The summed E-state index contributed by atoms with van der Waals surface area (Å²) >= 11 is 0. The molecule has 0 rings (SSSR count). The molecule has 0 aromatic rings. The smallest absolute Gasteiger partial charge is 0.462 e. The normalized spacial score (nSPS) is 14.0. The third-order valence-electron chi connectivity index (χ3n) is 18.1. The minimum absolute atomic E-state index is 0.106. The topological polar surface area (TPSA) is 237 Å². The molecule has 5 atom stereocenters. The van der Waals surface area contributed by atoms with E-state index in [1.165, 1.54) is 212 Å². The lowest BCUT2D eigenvalue weighted by Gasteiger charge is -2.21. The van der Waals surface area contributed by atoms with Gasteiger partial charge in [0.25, 0.3) is 0 Å². The van der Waals surface area contributed by atoms with Gasteiger partial charge in [0, 0.05) is 25.7 Å². The number of esters is 4. The molecule has 0 aromatic carbocycles. The van der Waals surface area contributed by atoms with E-state index < -0.39 is 97.5 Å². The Morgan fingerprint density at radius 2 is 0.474 bits per heavy atom. The fourth-order valence-electron chi connectivity index (χ4n) is 12.0. The van der Waals surface area contributed by atoms with Crippen LogP contribution in [0.15, 0.2) is 0 Å². The van der Waals surface area contributed by atoms with Gasteiger partial charge >= 0.3 is 39.5 Å². The second-order valence-corrected chi connectivity index (χ2v) is 32.4. The summed E-state index contributed by atoms with van der Waals surface area (Å²) in [7, 11) is -9.92. The minimum atomic E-state index is -4.96. The highest BCUT2D eigenvalue weighted by atomic mass is 31.2. The van der Waals surface area contributed by atoms with Crippen molar-refractivity contribution in [3.63, 3.8) is 0 Å². The first kappa shape index (κ1) is 95.1. The van der Waals surface area contributed by atoms with Crippen LogP contribution in [0.4, 0.5) is 0 Å². The maximum atomic E-state index is 13.1. The van der Waals surface area contributed by atoms with Crippen LogP contribution in [0.1, 0.15) is 402 Å². The van der Waals surface area contributed by atoms with E-state index >= 15 is 0 Å². The van der Waals surface area contributed by atoms with Crippen molar-refractivity contribution in [2.24, 2.45) is 17.8 Å². The molecule has 0 amide bonds. The maximum Gasteiger partial charge on any atom is 0.472 e. The summed E-state index contributed by atoms with van der Waals surface area (Å²) in [5.41, 5.74) is 0. The van der Waals surface area contributed by atoms with Gasteiger partial charge in [-0.1, -0.05) is 350 Å². The SMILES string of the molecule is CCCCCCCCCCCCCCC(=O)OC[C@H](COP(=O)(O)OC[C@H](O)COP(=O)(O)OC[C@@H](COC(=O)CCCCCCCCCCCCCC(C)C)OC(=O)CCCCCCCCCCCCCCCCCCC(C)C)OC(=O)CCCCCCCCCCCC(C)C. The van der Waals surface area contributed by atoms with Crippen LogP contribution in [-0.4, -0.2) is 96.7 Å². The van der Waals surface area contributed by atoms with Gasteiger partial charge < -0.3 is 33.8 Å². The minimum Gasteiger partial charge on any atom is -0.462 e. The predicted molar refractivity (Wildman–Crippen MR) is 395 cm³/mol. The molecule has 0 aliphatic heterocycles. The van der Waals surface area contributed by atoms with E-state index in [-0.39, 0.29) is 25.7 Å². The number of ether oxygens (including phenoxy) is 4. The standard InChI is InChI=1S/C78H152O17P2/c1-8-9-10-11-12-13-14-24-31-38-45-52-59-75(80)88-66-74(95-78(83)62-55-48-41-34-27-30-37-44-51-58-71(6)7)68-93-97(86,87)91-64-72(79)63-90-96(84,85)92-67-73(65-89-76(81)60-53-46-39-32-26-21-23-29-36-43-50-57-70(4)5)94-77(82)61-54-47-40-33-25-20-18-16-15-17-19-22-28-35-42-49-56-69(2)3/h69-74,79H,8-68H2,1-7H3,(H,84,85)(H,86,87)/t72-,73-,74-/m1/s1. The Kier molecular flexibility index (Phi) is 67.1. The quantitative estimate of drug-likeness (QED) is 0.0222. The van der Waals surface area contributed by atoms with Crippen LogP contribution < -0.4 is 0 Å². The van der Waals surface area contributed by atoms with E-state index in [2.05, 4.69) is 48.5 Å². The molecule has 0 radical (unpaired) electrons. The molecule has 0 heterocycles. The summed E-state index contributed by atoms with van der Waals surface area (Å²) in [6.45, 7) is 11.9. The molecule has 3 N–H and O–H groups in total. The number of carbonyl (C=O) groups is 4. The van der Waals surface area contributed by atoms with Crippen molar-refractivity contribution >= 4 is 39.5 Å². The highest BCUT2D eigenvalue weighted by Gasteiger charge is 2.30. The lowest BCUT2D eigenvalue weighted by molar-refractivity contribution is -0.161. The van der Waals surface area contributed by atoms with Crippen molar-refractivity contribution < 1.29 is 80.2 Å². The third-order valence-corrected chi connectivity index (χ3v) is 20.0. The Morgan fingerprint density at radius 1 is 0.278 bits per heavy atom. The molecule has 19 heteroatoms. The molecule has 0 bridgehead atoms. The van der Waals surface area contributed by atoms with Crippen LogP contribution >= 0.6 is 15.6 Å². The Bertz CT molecular complexity index is 1890. The van der Waals surface area contributed by atoms with Gasteiger partial charge in [-0.05, 0) is 43.4 Å². The van der Waals surface area contributed by atoms with Crippen molar-refractivity contribution in [2.45, 2.75) is 420 Å². The molecule has 0 fully saturated rings. The average molecular weight is 1420 g/mol. The van der Waals surface area contributed by atoms with Crippen molar-refractivity contribution in [1.82, 2.24) is 0 Å². The third kappa shape index (κ3) is 72.2. The number of aliphatic hydroxyl groups is 1. The van der Waals surface area contributed by atoms with Gasteiger partial charge in [-0.25, -0.2) is 9.13 Å². The Balaban J connectivity index is 5.25. The molecule has 0 aromatic heterocycles. The van der Waals surface area contributed by atoms with Gasteiger partial charge in [0.1, 0.15) is 19.3 Å². The molecule has 0 aliphatic carbocycles. The molecule has 0 spiro atoms. The molecule has 0 saturated heterocycles. The van der Waals surface area contributed by atoms with Crippen LogP contribution in [0, 0.1) is 17.8 Å². The number of aliphatic hydroxyl groups excluding tert-OH is 1. The fourth-order valence-corrected chi connectivity index (χ4v) is 13.5. The summed E-state index contributed by atoms with van der Waals surface area (Å²) in [4.78, 5) is 72.9. The zero-order valence-corrected chi connectivity index (χ0v) is 65.3. The van der Waals surface area contributed by atoms with Crippen molar-refractivity contribution in [3.8, 4) is 0 Å². The molecule has 2 unspecified atom stereocenters. The molecule has 0 aliphatic rings. The monoisotopic (exact) mass is 1420 g/mol. The van der Waals surface area contributed by atoms with Gasteiger partial charge in [-0.3, -0.25) is 37.3 Å². The van der Waals surface area contributed by atoms with Crippen molar-refractivity contribution in [2.75, 3.05) is 39.6 Å². The molecule has 576 valence electrons. The number of phosphoric ester groups is 2. The van der Waals surface area contributed by atoms with E-state index in [0.717, 1.165) is 108 Å². The van der Waals surface area contributed by atoms with E-state index in [0.29, 0.717) is 25.7 Å². The van der Waals surface area contributed by atoms with E-state index in [1.54, 1.807) is 0 Å². The van der Waals surface area contributed by atoms with Crippen LogP contribution in [-0.2, 0) is 65.4 Å². The average Bonchev–Trinajstić information content (AvgIpc) is 2.13. The fraction of sp³-hybridized carbons (Fsp3) is 0.949. The highest BCUT2D eigenvalue weighted by molar-refractivity contribution is 7.47. The first-order valence-electron chi connectivity index (χ1n) is 40.3. The largest absolute Gasteiger partial charge is 0.472 e. The first-order chi connectivity index (χ1) is 46.7. The van der Waals surface area contributed by atoms with Crippen LogP contribution in [0.25, 0.3) is 0 Å². The molecular weight excluding hydrogens is 1270 g/mol. The number of rotatable bonds is 76. The Morgan fingerprint density at radius 3 is 0.701 bits per heavy atom. The predicted octanol–water partition coefficient (Wildman–Crippen LogP) is 23.0. The highest BCUT2D eigenvalue weighted by Crippen LogP contribution is 2.45. The summed E-state index contributed by atoms with van der Waals surface area (Å²) in [6.07, 6.45) is 55.4. The Hall–Kier alpha value is -1.94. The van der Waals surface area contributed by atoms with Crippen molar-refractivity contribution in [1.29, 1.82) is 0 Å². The van der Waals surface area contributed by atoms with E-state index in [9.17, 15) is 43.2 Å². The molecular formula is C78H152O17P2. The summed E-state index contributed by atoms with van der Waals surface area (Å²) in [5.74, 6) is 0.203. The number of hydrogen-bond acceptors (Lipinski definition) is 15. The van der Waals surface area contributed by atoms with E-state index in [1.807, 2.05) is 0 Å². The summed E-state index contributed by atoms with van der Waals surface area (Å²) in [5, 5.41) is 10.6. The van der Waals surface area contributed by atoms with Crippen LogP contribution in [0.2, 0.25) is 0 Å². The molecule has 0 saturated carbocycles. The molecule has 97 heavy (non-hydrogen) atoms. The van der Waals surface area contributed by atoms with Crippen LogP contribution in [0.3, 0.4) is 0 Å². The Labute approximate surface area is 594 Å². The second-order valence-electron chi connectivity index (χ2n) is 29.5. The van der Waals surface area contributed by atoms with Crippen molar-refractivity contribution in [3.05, 3.63) is 0 Å². The lowest BCUT2D eigenvalue weighted by atomic mass is 10.0. The number of phosphoric acid groups is 2. The molecule has 17 nitrogen and oxygen atoms in total. The van der Waals surface area contributed by atoms with Gasteiger partial charge in [0.15, 0.2) is 12.2 Å². The maximum absolute atomic E-state index is 13.1. The first-order valence-corrected chi connectivity index (χ1v) is 43.3. The van der Waals surface area contributed by atoms with Gasteiger partial charge in [-0.15, -0.1) is 0 Å².